The zero-order chi connectivity index (χ0) is 57.8. The molecule has 16 aromatic rings. The van der Waals surface area contributed by atoms with Gasteiger partial charge in [-0.2, -0.15) is 0 Å². The van der Waals surface area contributed by atoms with E-state index in [1.54, 1.807) is 22.7 Å². The normalized spacial score (nSPS) is 12.0. The SMILES string of the molecule is C=c1sc2ccccc2/c1=C/C=C/c1nc(-c2cc(-c3ccccc3)c(-n3c4c(-c5ccccc5)c(-c5ccccc5)ccc4c4ccc(-c5ccccc5)c(-c5ccccc5)c43)c(-c3ccccc3)c2)nc(-c2ccc3c(c2)sc2ccccc23)n1. The number of thiophene rings is 2. The Hall–Kier alpha value is -10.9. The Bertz CT molecular complexity index is 5240. The lowest BCUT2D eigenvalue weighted by Crippen LogP contribution is -2.15. The van der Waals surface area contributed by atoms with Crippen molar-refractivity contribution in [3.8, 4) is 95.2 Å². The third-order valence-electron chi connectivity index (χ3n) is 16.7. The maximum Gasteiger partial charge on any atom is 0.164 e. The van der Waals surface area contributed by atoms with Gasteiger partial charge in [0.2, 0.25) is 0 Å². The van der Waals surface area contributed by atoms with Crippen LogP contribution in [0.25, 0.3) is 166 Å². The van der Waals surface area contributed by atoms with Crippen LogP contribution in [-0.4, -0.2) is 19.5 Å². The highest BCUT2D eigenvalue weighted by Gasteiger charge is 2.29. The molecule has 0 amide bonds. The van der Waals surface area contributed by atoms with Crippen LogP contribution in [0.1, 0.15) is 5.82 Å². The average Bonchev–Trinajstić information content (AvgIpc) is 1.67. The van der Waals surface area contributed by atoms with Crippen molar-refractivity contribution in [1.82, 2.24) is 19.5 Å². The number of rotatable bonds is 11. The predicted octanol–water partition coefficient (Wildman–Crippen LogP) is 20.8. The molecular formula is C81H52N4S2. The van der Waals surface area contributed by atoms with Gasteiger partial charge in [0.25, 0.3) is 0 Å². The highest BCUT2D eigenvalue weighted by Crippen LogP contribution is 2.51. The Balaban J connectivity index is 1.04. The second kappa shape index (κ2) is 21.9. The molecule has 4 heterocycles. The molecule has 87 heavy (non-hydrogen) atoms. The molecule has 0 aliphatic carbocycles. The van der Waals surface area contributed by atoms with Crippen molar-refractivity contribution in [3.05, 3.63) is 307 Å². The maximum atomic E-state index is 5.53. The third-order valence-corrected chi connectivity index (χ3v) is 18.8. The van der Waals surface area contributed by atoms with Crippen LogP contribution in [0.3, 0.4) is 0 Å². The number of aromatic nitrogens is 4. The average molecular weight is 1150 g/mol. The van der Waals surface area contributed by atoms with Gasteiger partial charge in [0.05, 0.1) is 16.7 Å². The monoisotopic (exact) mass is 1140 g/mol. The number of allylic oxidation sites excluding steroid dienone is 1. The van der Waals surface area contributed by atoms with Gasteiger partial charge in [-0.15, -0.1) is 22.7 Å². The molecule has 0 saturated carbocycles. The van der Waals surface area contributed by atoms with E-state index in [9.17, 15) is 0 Å². The van der Waals surface area contributed by atoms with Gasteiger partial charge >= 0.3 is 0 Å². The molecule has 0 saturated heterocycles. The summed E-state index contributed by atoms with van der Waals surface area (Å²) < 4.78 is 7.26. The molecule has 408 valence electrons. The minimum absolute atomic E-state index is 0.545. The summed E-state index contributed by atoms with van der Waals surface area (Å²) in [6.45, 7) is 4.44. The number of hydrogen-bond donors (Lipinski definition) is 0. The molecule has 16 rings (SSSR count). The van der Waals surface area contributed by atoms with Crippen LogP contribution in [0.15, 0.2) is 291 Å². The number of benzene rings is 12. The standard InChI is InChI=1S/C81H52N4S2/c1-52-61(64-37-20-22-40-71(64)86-52)39-24-42-74-82-80(59-43-44-66-65-38-21-23-41-72(65)87-73(66)51-59)84-81(83-74)60-49-69(55-29-12-4-13-30-55)77(70(50-60)56-31-14-5-15-32-56)85-78-67(47-45-62(53-25-8-2-9-26-53)75(78)57-33-16-6-17-34-57)68-48-46-63(54-27-10-3-11-28-54)76(79(68)85)58-35-18-7-19-36-58/h2-51H,1H2/b42-24+,61-39+. The van der Waals surface area contributed by atoms with Crippen molar-refractivity contribution in [2.24, 2.45) is 0 Å². The molecule has 0 radical (unpaired) electrons. The largest absolute Gasteiger partial charge is 0.307 e. The van der Waals surface area contributed by atoms with E-state index in [0.717, 1.165) is 115 Å². The first kappa shape index (κ1) is 51.7. The Morgan fingerprint density at radius 3 is 1.25 bits per heavy atom. The van der Waals surface area contributed by atoms with Gasteiger partial charge < -0.3 is 4.57 Å². The zero-order valence-corrected chi connectivity index (χ0v) is 48.8. The van der Waals surface area contributed by atoms with Crippen LogP contribution < -0.4 is 9.75 Å². The van der Waals surface area contributed by atoms with E-state index in [4.69, 9.17) is 15.0 Å². The van der Waals surface area contributed by atoms with Gasteiger partial charge in [0, 0.05) is 78.9 Å². The molecule has 0 aliphatic rings. The van der Waals surface area contributed by atoms with Crippen LogP contribution >= 0.6 is 22.7 Å². The molecule has 0 spiro atoms. The first-order chi connectivity index (χ1) is 43.1. The summed E-state index contributed by atoms with van der Waals surface area (Å²) in [5.74, 6) is 1.70. The fraction of sp³-hybridized carbons (Fsp3) is 0. The molecular weight excluding hydrogens is 1090 g/mol. The van der Waals surface area contributed by atoms with E-state index in [-0.39, 0.29) is 0 Å². The smallest absolute Gasteiger partial charge is 0.164 e. The van der Waals surface area contributed by atoms with E-state index < -0.39 is 0 Å². The molecule has 0 unspecified atom stereocenters. The Morgan fingerprint density at radius 1 is 0.322 bits per heavy atom. The molecule has 0 aliphatic heterocycles. The van der Waals surface area contributed by atoms with Gasteiger partial charge in [0.1, 0.15) is 0 Å². The zero-order valence-electron chi connectivity index (χ0n) is 47.2. The second-order valence-corrected chi connectivity index (χ2v) is 24.1. The topological polar surface area (TPSA) is 43.6 Å². The van der Waals surface area contributed by atoms with Crippen LogP contribution in [0, 0.1) is 0 Å². The minimum atomic E-state index is 0.545. The Morgan fingerprint density at radius 2 is 0.736 bits per heavy atom. The summed E-state index contributed by atoms with van der Waals surface area (Å²) in [7, 11) is 0. The van der Waals surface area contributed by atoms with E-state index in [1.165, 1.54) is 30.3 Å². The van der Waals surface area contributed by atoms with Crippen LogP contribution in [0.4, 0.5) is 0 Å². The molecule has 4 nitrogen and oxygen atoms in total. The number of nitrogens with zero attached hydrogens (tertiary/aromatic N) is 4. The summed E-state index contributed by atoms with van der Waals surface area (Å²) in [6, 6.07) is 103. The second-order valence-electron chi connectivity index (χ2n) is 21.8. The van der Waals surface area contributed by atoms with Crippen molar-refractivity contribution in [1.29, 1.82) is 0 Å². The van der Waals surface area contributed by atoms with E-state index in [1.807, 2.05) is 6.08 Å². The lowest BCUT2D eigenvalue weighted by molar-refractivity contribution is 1.04. The molecule has 0 bridgehead atoms. The molecule has 4 aromatic heterocycles. The molecule has 0 atom stereocenters. The Kier molecular flexibility index (Phi) is 13.0. The fourth-order valence-electron chi connectivity index (χ4n) is 12.7. The first-order valence-electron chi connectivity index (χ1n) is 29.3. The Labute approximate surface area is 511 Å². The molecule has 12 aromatic carbocycles. The van der Waals surface area contributed by atoms with Gasteiger partial charge in [-0.05, 0) is 86.1 Å². The van der Waals surface area contributed by atoms with E-state index in [0.29, 0.717) is 17.5 Å². The molecule has 0 fully saturated rings. The summed E-state index contributed by atoms with van der Waals surface area (Å²) in [5, 5.41) is 7.03. The highest BCUT2D eigenvalue weighted by atomic mass is 32.1. The van der Waals surface area contributed by atoms with Crippen molar-refractivity contribution >= 4 is 93.5 Å². The third kappa shape index (κ3) is 9.27. The van der Waals surface area contributed by atoms with E-state index >= 15 is 0 Å². The van der Waals surface area contributed by atoms with Gasteiger partial charge in [-0.1, -0.05) is 274 Å². The summed E-state index contributed by atoms with van der Waals surface area (Å²) in [5.41, 5.74) is 18.3. The predicted molar refractivity (Wildman–Crippen MR) is 371 cm³/mol. The number of hydrogen-bond acceptors (Lipinski definition) is 5. The summed E-state index contributed by atoms with van der Waals surface area (Å²) in [4.78, 5) is 16.3. The van der Waals surface area contributed by atoms with E-state index in [2.05, 4.69) is 308 Å². The van der Waals surface area contributed by atoms with Gasteiger partial charge in [-0.25, -0.2) is 15.0 Å². The highest BCUT2D eigenvalue weighted by molar-refractivity contribution is 7.25. The van der Waals surface area contributed by atoms with Crippen molar-refractivity contribution in [2.45, 2.75) is 0 Å². The van der Waals surface area contributed by atoms with Crippen LogP contribution in [0.5, 0.6) is 0 Å². The lowest BCUT2D eigenvalue weighted by Gasteiger charge is -2.24. The molecule has 0 N–H and O–H groups in total. The first-order valence-corrected chi connectivity index (χ1v) is 30.9. The number of fused-ring (bicyclic) bond motifs is 7. The fourth-order valence-corrected chi connectivity index (χ4v) is 14.9. The summed E-state index contributed by atoms with van der Waals surface area (Å²) >= 11 is 3.50. The van der Waals surface area contributed by atoms with Crippen molar-refractivity contribution in [3.63, 3.8) is 0 Å². The van der Waals surface area contributed by atoms with Gasteiger partial charge in [0.15, 0.2) is 17.5 Å². The van der Waals surface area contributed by atoms with Crippen molar-refractivity contribution < 1.29 is 0 Å². The maximum absolute atomic E-state index is 5.53. The minimum Gasteiger partial charge on any atom is -0.307 e. The van der Waals surface area contributed by atoms with Crippen LogP contribution in [0.2, 0.25) is 0 Å². The summed E-state index contributed by atoms with van der Waals surface area (Å²) in [6.07, 6.45) is 6.19. The van der Waals surface area contributed by atoms with Gasteiger partial charge in [-0.3, -0.25) is 0 Å². The van der Waals surface area contributed by atoms with Crippen molar-refractivity contribution in [2.75, 3.05) is 0 Å². The quantitative estimate of drug-likeness (QED) is 0.130. The van der Waals surface area contributed by atoms with Crippen LogP contribution in [-0.2, 0) is 0 Å². The lowest BCUT2D eigenvalue weighted by atomic mass is 9.90. The molecule has 6 heteroatoms.